The molecular formula is C79H153NO18. The van der Waals surface area contributed by atoms with Crippen molar-refractivity contribution in [1.29, 1.82) is 0 Å². The molecule has 3 aliphatic heterocycles. The lowest BCUT2D eigenvalue weighted by Gasteiger charge is -2.48. The SMILES string of the molecule is CCCCCCCCCCCCCCCCCCCCCCCCCCCCCCCCCCC(O)C(COC1OC(CO)C(OC2OC(CO)C(OC3OC(CO)C(O)C(O)C3O)C(O)C2O)C(O)C1O)NC(=O)CCCCCCCCCCCCCCCCCCCCCCC. The Morgan fingerprint density at radius 2 is 0.582 bits per heavy atom. The number of hydrogen-bond acceptors (Lipinski definition) is 18. The Kier molecular flexibility index (Phi) is 56.6. The van der Waals surface area contributed by atoms with Gasteiger partial charge in [-0.25, -0.2) is 0 Å². The molecule has 3 saturated heterocycles. The molecule has 3 rings (SSSR count). The Bertz CT molecular complexity index is 1770. The van der Waals surface area contributed by atoms with Gasteiger partial charge in [-0.3, -0.25) is 4.79 Å². The van der Waals surface area contributed by atoms with Crippen molar-refractivity contribution in [1.82, 2.24) is 5.32 Å². The normalized spacial score (nSPS) is 26.6. The first-order valence-electron chi connectivity index (χ1n) is 41.3. The lowest BCUT2D eigenvalue weighted by atomic mass is 9.96. The maximum atomic E-state index is 13.5. The first-order chi connectivity index (χ1) is 47.8. The summed E-state index contributed by atoms with van der Waals surface area (Å²) in [5.41, 5.74) is 0. The second kappa shape index (κ2) is 61.0. The molecule has 0 aromatic carbocycles. The monoisotopic (exact) mass is 1400 g/mol. The Hall–Kier alpha value is -1.21. The molecule has 0 spiro atoms. The minimum absolute atomic E-state index is 0.233. The number of aliphatic hydroxyl groups is 11. The number of nitrogens with one attached hydrogen (secondary N) is 1. The van der Waals surface area contributed by atoms with Crippen molar-refractivity contribution in [2.75, 3.05) is 26.4 Å². The smallest absolute Gasteiger partial charge is 0.220 e. The van der Waals surface area contributed by atoms with Crippen molar-refractivity contribution >= 4 is 5.91 Å². The number of amides is 1. The van der Waals surface area contributed by atoms with E-state index in [-0.39, 0.29) is 18.9 Å². The molecule has 1 amide bonds. The quantitative estimate of drug-likeness (QED) is 0.0252. The molecule has 3 heterocycles. The van der Waals surface area contributed by atoms with Crippen molar-refractivity contribution < 1.29 is 89.4 Å². The second-order valence-corrected chi connectivity index (χ2v) is 30.0. The molecule has 19 heteroatoms. The van der Waals surface area contributed by atoms with Gasteiger partial charge in [-0.05, 0) is 12.8 Å². The number of ether oxygens (including phenoxy) is 6. The van der Waals surface area contributed by atoms with Crippen molar-refractivity contribution in [2.45, 2.75) is 471 Å². The van der Waals surface area contributed by atoms with Crippen LogP contribution in [-0.2, 0) is 33.2 Å². The predicted molar refractivity (Wildman–Crippen MR) is 388 cm³/mol. The molecule has 17 unspecified atom stereocenters. The van der Waals surface area contributed by atoms with Crippen molar-refractivity contribution in [3.8, 4) is 0 Å². The van der Waals surface area contributed by atoms with E-state index in [2.05, 4.69) is 19.2 Å². The summed E-state index contributed by atoms with van der Waals surface area (Å²) in [5, 5.41) is 121. The number of carbonyl (C=O) groups is 1. The Labute approximate surface area is 595 Å². The molecule has 0 aromatic heterocycles. The van der Waals surface area contributed by atoms with E-state index >= 15 is 0 Å². The summed E-state index contributed by atoms with van der Waals surface area (Å²) >= 11 is 0. The van der Waals surface area contributed by atoms with Gasteiger partial charge < -0.3 is 89.9 Å². The zero-order chi connectivity index (χ0) is 71.1. The number of carbonyl (C=O) groups excluding carboxylic acids is 1. The van der Waals surface area contributed by atoms with Crippen LogP contribution in [0.5, 0.6) is 0 Å². The maximum absolute atomic E-state index is 13.5. The number of unbranched alkanes of at least 4 members (excludes halogenated alkanes) is 51. The molecule has 582 valence electrons. The molecule has 0 bridgehead atoms. The second-order valence-electron chi connectivity index (χ2n) is 30.0. The van der Waals surface area contributed by atoms with E-state index in [9.17, 15) is 61.0 Å². The summed E-state index contributed by atoms with van der Waals surface area (Å²) in [7, 11) is 0. The van der Waals surface area contributed by atoms with Gasteiger partial charge in [-0.2, -0.15) is 0 Å². The fourth-order valence-electron chi connectivity index (χ4n) is 14.6. The fourth-order valence-corrected chi connectivity index (χ4v) is 14.6. The highest BCUT2D eigenvalue weighted by Crippen LogP contribution is 2.33. The van der Waals surface area contributed by atoms with Crippen LogP contribution in [0.2, 0.25) is 0 Å². The zero-order valence-corrected chi connectivity index (χ0v) is 62.3. The molecule has 0 saturated carbocycles. The molecule has 0 radical (unpaired) electrons. The predicted octanol–water partition coefficient (Wildman–Crippen LogP) is 13.8. The van der Waals surface area contributed by atoms with Gasteiger partial charge in [0.2, 0.25) is 5.91 Å². The summed E-state index contributed by atoms with van der Waals surface area (Å²) in [6.45, 7) is 1.88. The highest BCUT2D eigenvalue weighted by Gasteiger charge is 2.54. The number of hydrogen-bond donors (Lipinski definition) is 12. The minimum Gasteiger partial charge on any atom is -0.394 e. The lowest BCUT2D eigenvalue weighted by molar-refractivity contribution is -0.379. The largest absolute Gasteiger partial charge is 0.394 e. The lowest BCUT2D eigenvalue weighted by Crippen LogP contribution is -2.66. The van der Waals surface area contributed by atoms with Crippen LogP contribution in [0.15, 0.2) is 0 Å². The van der Waals surface area contributed by atoms with Crippen LogP contribution in [0.4, 0.5) is 0 Å². The molecule has 3 fully saturated rings. The van der Waals surface area contributed by atoms with Gasteiger partial charge in [0.15, 0.2) is 18.9 Å². The van der Waals surface area contributed by atoms with E-state index in [0.717, 1.165) is 44.9 Å². The van der Waals surface area contributed by atoms with Crippen LogP contribution >= 0.6 is 0 Å². The first-order valence-corrected chi connectivity index (χ1v) is 41.3. The van der Waals surface area contributed by atoms with Gasteiger partial charge in [0.05, 0.1) is 38.6 Å². The van der Waals surface area contributed by atoms with E-state index in [1.807, 2.05) is 0 Å². The highest BCUT2D eigenvalue weighted by molar-refractivity contribution is 5.76. The third-order valence-corrected chi connectivity index (χ3v) is 21.2. The average Bonchev–Trinajstić information content (AvgIpc) is 0.785. The van der Waals surface area contributed by atoms with Crippen LogP contribution in [-0.4, -0.2) is 193 Å². The fraction of sp³-hybridized carbons (Fsp3) is 0.987. The molecule has 12 N–H and O–H groups in total. The summed E-state index contributed by atoms with van der Waals surface area (Å²) in [6.07, 6.45) is 43.4. The van der Waals surface area contributed by atoms with E-state index in [0.29, 0.717) is 12.8 Å². The topological polar surface area (TPSA) is 307 Å². The zero-order valence-electron chi connectivity index (χ0n) is 62.3. The van der Waals surface area contributed by atoms with E-state index in [1.165, 1.54) is 289 Å². The third kappa shape index (κ3) is 40.9. The minimum atomic E-state index is -1.97. The number of rotatable bonds is 67. The standard InChI is InChI=1S/C79H153NO18/c1-3-5-7-9-11-13-15-17-19-21-23-25-26-27-28-29-30-31-32-33-34-35-37-38-40-42-44-46-48-50-52-54-56-63(84)62(80-67(85)57-55-53-51-49-47-45-43-41-39-36-24-22-20-18-16-14-12-10-8-6-4-2)61-93-77-73(91)70(88)75(65(59-82)95-77)98-79-74(92)71(89)76(66(60-83)96-79)97-78-72(90)69(87)68(86)64(58-81)94-78/h62-66,68-79,81-84,86-92H,3-61H2,1-2H3,(H,80,85). The Morgan fingerprint density at radius 1 is 0.327 bits per heavy atom. The van der Waals surface area contributed by atoms with Gasteiger partial charge >= 0.3 is 0 Å². The summed E-state index contributed by atoms with van der Waals surface area (Å²) in [6, 6.07) is -0.883. The van der Waals surface area contributed by atoms with Crippen LogP contribution in [0.3, 0.4) is 0 Å². The van der Waals surface area contributed by atoms with Crippen LogP contribution in [0.25, 0.3) is 0 Å². The average molecular weight is 1410 g/mol. The third-order valence-electron chi connectivity index (χ3n) is 21.2. The maximum Gasteiger partial charge on any atom is 0.220 e. The number of aliphatic hydroxyl groups excluding tert-OH is 11. The molecule has 0 aliphatic carbocycles. The van der Waals surface area contributed by atoms with Crippen molar-refractivity contribution in [2.24, 2.45) is 0 Å². The summed E-state index contributed by atoms with van der Waals surface area (Å²) in [5.74, 6) is -0.233. The molecule has 0 aromatic rings. The summed E-state index contributed by atoms with van der Waals surface area (Å²) in [4.78, 5) is 13.5. The van der Waals surface area contributed by atoms with Gasteiger partial charge in [-0.15, -0.1) is 0 Å². The van der Waals surface area contributed by atoms with Crippen LogP contribution in [0, 0.1) is 0 Å². The molecular weight excluding hydrogens is 1250 g/mol. The van der Waals surface area contributed by atoms with Crippen LogP contribution in [0.1, 0.15) is 367 Å². The van der Waals surface area contributed by atoms with Gasteiger partial charge in [0.1, 0.15) is 73.2 Å². The van der Waals surface area contributed by atoms with Gasteiger partial charge in [-0.1, -0.05) is 348 Å². The van der Waals surface area contributed by atoms with Gasteiger partial charge in [0, 0.05) is 6.42 Å². The van der Waals surface area contributed by atoms with Crippen LogP contribution < -0.4 is 5.32 Å². The molecule has 19 nitrogen and oxygen atoms in total. The molecule has 17 atom stereocenters. The Morgan fingerprint density at radius 3 is 0.888 bits per heavy atom. The first kappa shape index (κ1) is 91.0. The Balaban J connectivity index is 1.34. The molecule has 98 heavy (non-hydrogen) atoms. The highest BCUT2D eigenvalue weighted by atomic mass is 16.8. The van der Waals surface area contributed by atoms with E-state index in [1.54, 1.807) is 0 Å². The summed E-state index contributed by atoms with van der Waals surface area (Å²) < 4.78 is 34.5. The van der Waals surface area contributed by atoms with Crippen molar-refractivity contribution in [3.05, 3.63) is 0 Å². The van der Waals surface area contributed by atoms with Gasteiger partial charge in [0.25, 0.3) is 0 Å². The van der Waals surface area contributed by atoms with E-state index < -0.39 is 124 Å². The molecule has 3 aliphatic rings. The van der Waals surface area contributed by atoms with E-state index in [4.69, 9.17) is 28.4 Å². The van der Waals surface area contributed by atoms with Crippen molar-refractivity contribution in [3.63, 3.8) is 0 Å².